The van der Waals surface area contributed by atoms with E-state index in [1.165, 1.54) is 35.1 Å². The van der Waals surface area contributed by atoms with E-state index in [2.05, 4.69) is 0 Å². The molecule has 0 aliphatic carbocycles. The normalized spacial score (nSPS) is 14.5. The molecule has 5 rings (SSSR count). The van der Waals surface area contributed by atoms with Gasteiger partial charge in [-0.15, -0.1) is 0 Å². The van der Waals surface area contributed by atoms with Crippen molar-refractivity contribution in [2.75, 3.05) is 13.7 Å². The Morgan fingerprint density at radius 1 is 1.07 bits per heavy atom. The van der Waals surface area contributed by atoms with Crippen molar-refractivity contribution in [2.45, 2.75) is 39.3 Å². The maximum atomic E-state index is 14.2. The summed E-state index contributed by atoms with van der Waals surface area (Å²) in [5.74, 6) is -0.547. The number of carbonyl (C=O) groups excluding carboxylic acids is 1. The van der Waals surface area contributed by atoms with E-state index in [1.807, 2.05) is 25.1 Å². The first kappa shape index (κ1) is 31.7. The summed E-state index contributed by atoms with van der Waals surface area (Å²) in [7, 11) is 1.52. The Morgan fingerprint density at radius 2 is 1.82 bits per heavy atom. The van der Waals surface area contributed by atoms with E-state index in [0.717, 1.165) is 12.0 Å². The third-order valence-corrected chi connectivity index (χ3v) is 8.40. The number of carbonyl (C=O) groups is 2. The predicted octanol–water partition coefficient (Wildman–Crippen LogP) is 5.52. The van der Waals surface area contributed by atoms with Gasteiger partial charge in [0, 0.05) is 16.1 Å². The molecule has 0 saturated carbocycles. The van der Waals surface area contributed by atoms with Gasteiger partial charge >= 0.3 is 11.9 Å². The van der Waals surface area contributed by atoms with Gasteiger partial charge in [-0.05, 0) is 61.4 Å². The van der Waals surface area contributed by atoms with Crippen LogP contribution in [0.1, 0.15) is 59.8 Å². The van der Waals surface area contributed by atoms with Gasteiger partial charge in [0.05, 0.1) is 35.1 Å². The van der Waals surface area contributed by atoms with Crippen LogP contribution >= 0.6 is 22.9 Å². The first-order valence-corrected chi connectivity index (χ1v) is 15.5. The van der Waals surface area contributed by atoms with E-state index in [4.69, 9.17) is 35.9 Å². The molecule has 3 aromatic carbocycles. The average molecular weight is 647 g/mol. The lowest BCUT2D eigenvalue weighted by Gasteiger charge is -2.27. The lowest BCUT2D eigenvalue weighted by atomic mass is 9.93. The highest BCUT2D eigenvalue weighted by Gasteiger charge is 2.36. The molecule has 11 heteroatoms. The molecule has 0 saturated heterocycles. The van der Waals surface area contributed by atoms with E-state index in [0.29, 0.717) is 49.1 Å². The number of thiazole rings is 1. The van der Waals surface area contributed by atoms with Crippen molar-refractivity contribution in [2.24, 2.45) is 4.99 Å². The quantitative estimate of drug-likeness (QED) is 0.213. The number of nitrogens with zero attached hydrogens (tertiary/aromatic N) is 2. The van der Waals surface area contributed by atoms with Crippen molar-refractivity contribution in [1.29, 1.82) is 0 Å². The fourth-order valence-electron chi connectivity index (χ4n) is 5.11. The standard InChI is InChI=1S/C34H31ClN2O7S/c1-4-8-25-29(33(41)43-5-2)30(24-18-23(35)15-16-27(24)42-3)37-31(38)28(45-34(37)36-25)17-22-9-6-7-10-26(22)44-19-20-11-13-21(14-12-20)32(39)40/h6-7,9-18,30H,4-5,8,19H2,1-3H3,(H,39,40)/b28-17+/t30-/m0/s1. The maximum absolute atomic E-state index is 14.2. The van der Waals surface area contributed by atoms with Crippen molar-refractivity contribution in [3.8, 4) is 11.5 Å². The lowest BCUT2D eigenvalue weighted by Crippen LogP contribution is -2.40. The number of carboxylic acid groups (broad SMARTS) is 1. The highest BCUT2D eigenvalue weighted by molar-refractivity contribution is 7.07. The van der Waals surface area contributed by atoms with Gasteiger partial charge in [-0.2, -0.15) is 0 Å². The number of esters is 1. The second kappa shape index (κ2) is 14.0. The molecule has 0 fully saturated rings. The summed E-state index contributed by atoms with van der Waals surface area (Å²) >= 11 is 7.64. The van der Waals surface area contributed by atoms with Gasteiger partial charge in [0.25, 0.3) is 5.56 Å². The van der Waals surface area contributed by atoms with Crippen molar-refractivity contribution >= 4 is 41.0 Å². The van der Waals surface area contributed by atoms with E-state index in [9.17, 15) is 14.4 Å². The van der Waals surface area contributed by atoms with Crippen molar-refractivity contribution in [3.63, 3.8) is 0 Å². The summed E-state index contributed by atoms with van der Waals surface area (Å²) < 4.78 is 19.1. The van der Waals surface area contributed by atoms with Crippen molar-refractivity contribution in [3.05, 3.63) is 125 Å². The molecule has 9 nitrogen and oxygen atoms in total. The monoisotopic (exact) mass is 646 g/mol. The molecule has 4 aromatic rings. The molecule has 0 bridgehead atoms. The van der Waals surface area contributed by atoms with Crippen LogP contribution in [-0.4, -0.2) is 35.3 Å². The molecule has 1 aliphatic rings. The van der Waals surface area contributed by atoms with Gasteiger partial charge in [-0.3, -0.25) is 9.36 Å². The van der Waals surface area contributed by atoms with Crippen LogP contribution in [0.4, 0.5) is 0 Å². The van der Waals surface area contributed by atoms with Gasteiger partial charge in [0.2, 0.25) is 0 Å². The number of methoxy groups -OCH3 is 1. The number of aromatic nitrogens is 1. The van der Waals surface area contributed by atoms with Crippen LogP contribution in [0.15, 0.2) is 87.8 Å². The number of para-hydroxylation sites is 1. The molecule has 1 aromatic heterocycles. The molecule has 1 atom stereocenters. The molecule has 1 N–H and O–H groups in total. The molecule has 2 heterocycles. The Hall–Kier alpha value is -4.67. The fourth-order valence-corrected chi connectivity index (χ4v) is 6.30. The van der Waals surface area contributed by atoms with Gasteiger partial charge in [0.1, 0.15) is 24.1 Å². The van der Waals surface area contributed by atoms with Gasteiger partial charge in [-0.25, -0.2) is 14.6 Å². The Bertz CT molecular complexity index is 1960. The Labute approximate surface area is 268 Å². The number of rotatable bonds is 11. The minimum atomic E-state index is -0.999. The van der Waals surface area contributed by atoms with E-state index >= 15 is 0 Å². The molecular formula is C34H31ClN2O7S. The van der Waals surface area contributed by atoms with Crippen LogP contribution < -0.4 is 24.4 Å². The Kier molecular flexibility index (Phi) is 9.85. The van der Waals surface area contributed by atoms with Gasteiger partial charge in [-0.1, -0.05) is 66.6 Å². The number of hydrogen-bond acceptors (Lipinski definition) is 8. The maximum Gasteiger partial charge on any atom is 0.338 e. The van der Waals surface area contributed by atoms with Crippen molar-refractivity contribution < 1.29 is 28.9 Å². The van der Waals surface area contributed by atoms with E-state index in [-0.39, 0.29) is 29.9 Å². The van der Waals surface area contributed by atoms with Crippen molar-refractivity contribution in [1.82, 2.24) is 4.57 Å². The number of benzene rings is 3. The molecule has 232 valence electrons. The highest BCUT2D eigenvalue weighted by Crippen LogP contribution is 2.38. The number of halogens is 1. The zero-order chi connectivity index (χ0) is 32.1. The average Bonchev–Trinajstić information content (AvgIpc) is 3.34. The van der Waals surface area contributed by atoms with Crippen LogP contribution in [0.25, 0.3) is 6.08 Å². The lowest BCUT2D eigenvalue weighted by molar-refractivity contribution is -0.139. The topological polar surface area (TPSA) is 116 Å². The number of allylic oxidation sites excluding steroid dienone is 1. The summed E-state index contributed by atoms with van der Waals surface area (Å²) in [6.45, 7) is 4.08. The third-order valence-electron chi connectivity index (χ3n) is 7.18. The third kappa shape index (κ3) is 6.72. The van der Waals surface area contributed by atoms with Crippen LogP contribution in [-0.2, 0) is 16.1 Å². The summed E-state index contributed by atoms with van der Waals surface area (Å²) in [5, 5.41) is 9.59. The molecular weight excluding hydrogens is 616 g/mol. The molecule has 45 heavy (non-hydrogen) atoms. The summed E-state index contributed by atoms with van der Waals surface area (Å²) in [6, 6.07) is 18.0. The largest absolute Gasteiger partial charge is 0.496 e. The zero-order valence-corrected chi connectivity index (χ0v) is 26.5. The summed E-state index contributed by atoms with van der Waals surface area (Å²) in [5.41, 5.74) is 2.67. The summed E-state index contributed by atoms with van der Waals surface area (Å²) in [6.07, 6.45) is 2.97. The zero-order valence-electron chi connectivity index (χ0n) is 24.9. The number of aromatic carboxylic acids is 1. The van der Waals surface area contributed by atoms with Crippen LogP contribution in [0.3, 0.4) is 0 Å². The summed E-state index contributed by atoms with van der Waals surface area (Å²) in [4.78, 5) is 44.1. The number of fused-ring (bicyclic) bond motifs is 1. The fraction of sp³-hybridized carbons (Fsp3) is 0.235. The highest BCUT2D eigenvalue weighted by atomic mass is 35.5. The smallest absolute Gasteiger partial charge is 0.338 e. The van der Waals surface area contributed by atoms with E-state index < -0.39 is 18.0 Å². The molecule has 0 unspecified atom stereocenters. The molecule has 0 spiro atoms. The van der Waals surface area contributed by atoms with Crippen LogP contribution in [0.5, 0.6) is 11.5 Å². The molecule has 1 aliphatic heterocycles. The van der Waals surface area contributed by atoms with Gasteiger partial charge in [0.15, 0.2) is 4.80 Å². The van der Waals surface area contributed by atoms with Crippen LogP contribution in [0.2, 0.25) is 5.02 Å². The van der Waals surface area contributed by atoms with Gasteiger partial charge < -0.3 is 19.3 Å². The second-order valence-corrected chi connectivity index (χ2v) is 11.6. The SMILES string of the molecule is CCCC1=C(C(=O)OCC)[C@H](c2cc(Cl)ccc2OC)n2c(s/c(=C/c3ccccc3OCc3ccc(C(=O)O)cc3)c2=O)=N1. The first-order valence-electron chi connectivity index (χ1n) is 14.3. The minimum Gasteiger partial charge on any atom is -0.496 e. The number of ether oxygens (including phenoxy) is 3. The number of carboxylic acids is 1. The second-order valence-electron chi connectivity index (χ2n) is 10.1. The first-order chi connectivity index (χ1) is 21.7. The minimum absolute atomic E-state index is 0.159. The predicted molar refractivity (Wildman–Crippen MR) is 172 cm³/mol. The Morgan fingerprint density at radius 3 is 2.51 bits per heavy atom. The van der Waals surface area contributed by atoms with Crippen LogP contribution in [0, 0.1) is 0 Å². The Balaban J connectivity index is 1.63. The molecule has 0 amide bonds. The molecule has 0 radical (unpaired) electrons. The number of hydrogen-bond donors (Lipinski definition) is 1. The van der Waals surface area contributed by atoms with E-state index in [1.54, 1.807) is 49.4 Å².